The zero-order valence-corrected chi connectivity index (χ0v) is 16.0. The monoisotopic (exact) mass is 386 g/mol. The van der Waals surface area contributed by atoms with Gasteiger partial charge in [0.1, 0.15) is 0 Å². The van der Waals surface area contributed by atoms with Crippen molar-refractivity contribution in [3.05, 3.63) is 117 Å². The van der Waals surface area contributed by atoms with E-state index in [4.69, 9.17) is 23.2 Å². The SMILES string of the molecule is Clc1ccccc1-c1cc(C2=CC3C(=C2)C=Cc2ccccc23)ccc1Cl. The lowest BCUT2D eigenvalue weighted by atomic mass is 9.85. The van der Waals surface area contributed by atoms with E-state index in [1.54, 1.807) is 0 Å². The highest BCUT2D eigenvalue weighted by atomic mass is 35.5. The van der Waals surface area contributed by atoms with Gasteiger partial charge in [-0.15, -0.1) is 0 Å². The third kappa shape index (κ3) is 2.86. The fourth-order valence-electron chi connectivity index (χ4n) is 3.92. The van der Waals surface area contributed by atoms with E-state index < -0.39 is 0 Å². The summed E-state index contributed by atoms with van der Waals surface area (Å²) in [6.45, 7) is 0. The Kier molecular flexibility index (Phi) is 4.04. The molecule has 0 spiro atoms. The summed E-state index contributed by atoms with van der Waals surface area (Å²) in [5.41, 5.74) is 8.29. The van der Waals surface area contributed by atoms with Gasteiger partial charge in [0, 0.05) is 27.1 Å². The largest absolute Gasteiger partial charge is 0.0837 e. The van der Waals surface area contributed by atoms with E-state index in [1.807, 2.05) is 30.3 Å². The molecule has 0 aromatic heterocycles. The lowest BCUT2D eigenvalue weighted by molar-refractivity contribution is 1.03. The van der Waals surface area contributed by atoms with E-state index in [1.165, 1.54) is 22.3 Å². The fourth-order valence-corrected chi connectivity index (χ4v) is 4.37. The van der Waals surface area contributed by atoms with Gasteiger partial charge in [-0.25, -0.2) is 0 Å². The van der Waals surface area contributed by atoms with Gasteiger partial charge in [-0.3, -0.25) is 0 Å². The molecule has 0 bridgehead atoms. The molecular formula is C25H16Cl2. The molecule has 0 nitrogen and oxygen atoms in total. The second-order valence-electron chi connectivity index (χ2n) is 6.88. The maximum absolute atomic E-state index is 6.49. The van der Waals surface area contributed by atoms with Crippen LogP contribution in [0.5, 0.6) is 0 Å². The van der Waals surface area contributed by atoms with Crippen molar-refractivity contribution in [2.24, 2.45) is 0 Å². The molecule has 0 saturated carbocycles. The molecule has 0 heterocycles. The Labute approximate surface area is 169 Å². The van der Waals surface area contributed by atoms with Crippen molar-refractivity contribution in [3.63, 3.8) is 0 Å². The molecule has 130 valence electrons. The van der Waals surface area contributed by atoms with Gasteiger partial charge >= 0.3 is 0 Å². The molecule has 0 aliphatic heterocycles. The third-order valence-corrected chi connectivity index (χ3v) is 5.94. The zero-order chi connectivity index (χ0) is 18.4. The van der Waals surface area contributed by atoms with Gasteiger partial charge in [0.2, 0.25) is 0 Å². The van der Waals surface area contributed by atoms with Crippen LogP contribution in [0.1, 0.15) is 22.6 Å². The fraction of sp³-hybridized carbons (Fsp3) is 0.0400. The molecule has 0 N–H and O–H groups in total. The molecule has 2 heteroatoms. The minimum Gasteiger partial charge on any atom is -0.0837 e. The van der Waals surface area contributed by atoms with E-state index in [0.717, 1.165) is 16.7 Å². The molecule has 0 radical (unpaired) electrons. The number of rotatable bonds is 2. The number of fused-ring (bicyclic) bond motifs is 3. The Bertz CT molecular complexity index is 1150. The first-order chi connectivity index (χ1) is 13.2. The van der Waals surface area contributed by atoms with E-state index in [9.17, 15) is 0 Å². The van der Waals surface area contributed by atoms with Gasteiger partial charge in [-0.05, 0) is 46.0 Å². The van der Waals surface area contributed by atoms with Crippen LogP contribution in [-0.4, -0.2) is 0 Å². The molecule has 1 atom stereocenters. The van der Waals surface area contributed by atoms with Crippen molar-refractivity contribution in [2.45, 2.75) is 5.92 Å². The lowest BCUT2D eigenvalue weighted by Crippen LogP contribution is -2.01. The van der Waals surface area contributed by atoms with E-state index >= 15 is 0 Å². The smallest absolute Gasteiger partial charge is 0.0485 e. The molecule has 0 saturated heterocycles. The zero-order valence-electron chi connectivity index (χ0n) is 14.5. The van der Waals surface area contributed by atoms with Gasteiger partial charge in [-0.2, -0.15) is 0 Å². The van der Waals surface area contributed by atoms with Crippen molar-refractivity contribution in [1.82, 2.24) is 0 Å². The summed E-state index contributed by atoms with van der Waals surface area (Å²) in [4.78, 5) is 0. The second kappa shape index (κ2) is 6.56. The summed E-state index contributed by atoms with van der Waals surface area (Å²) in [7, 11) is 0. The summed E-state index contributed by atoms with van der Waals surface area (Å²) in [6, 6.07) is 22.6. The molecule has 0 amide bonds. The van der Waals surface area contributed by atoms with Gasteiger partial charge in [0.15, 0.2) is 0 Å². The maximum atomic E-state index is 6.49. The minimum atomic E-state index is 0.320. The molecule has 5 rings (SSSR count). The highest BCUT2D eigenvalue weighted by Gasteiger charge is 2.24. The normalized spacial score (nSPS) is 17.2. The summed E-state index contributed by atoms with van der Waals surface area (Å²) < 4.78 is 0. The summed E-state index contributed by atoms with van der Waals surface area (Å²) in [6.07, 6.45) is 9.04. The Morgan fingerprint density at radius 3 is 2.37 bits per heavy atom. The molecule has 3 aromatic rings. The van der Waals surface area contributed by atoms with Crippen molar-refractivity contribution < 1.29 is 0 Å². The van der Waals surface area contributed by atoms with Crippen molar-refractivity contribution >= 4 is 34.9 Å². The molecule has 0 fully saturated rings. The van der Waals surface area contributed by atoms with Crippen LogP contribution in [-0.2, 0) is 0 Å². The average molecular weight is 387 g/mol. The van der Waals surface area contributed by atoms with Gasteiger partial charge < -0.3 is 0 Å². The highest BCUT2D eigenvalue weighted by Crippen LogP contribution is 2.43. The first kappa shape index (κ1) is 16.6. The molecule has 27 heavy (non-hydrogen) atoms. The van der Waals surface area contributed by atoms with Crippen LogP contribution in [0.2, 0.25) is 10.0 Å². The molecule has 2 aliphatic carbocycles. The minimum absolute atomic E-state index is 0.320. The van der Waals surface area contributed by atoms with Crippen LogP contribution in [0, 0.1) is 0 Å². The maximum Gasteiger partial charge on any atom is 0.0485 e. The Hall–Kier alpha value is -2.54. The van der Waals surface area contributed by atoms with Crippen LogP contribution in [0.15, 0.2) is 90.5 Å². The van der Waals surface area contributed by atoms with Crippen molar-refractivity contribution in [2.75, 3.05) is 0 Å². The Morgan fingerprint density at radius 1 is 0.704 bits per heavy atom. The third-order valence-electron chi connectivity index (χ3n) is 5.28. The number of allylic oxidation sites excluding steroid dienone is 5. The van der Waals surface area contributed by atoms with Crippen molar-refractivity contribution in [3.8, 4) is 11.1 Å². The van der Waals surface area contributed by atoms with Crippen LogP contribution in [0.25, 0.3) is 22.8 Å². The van der Waals surface area contributed by atoms with E-state index in [0.29, 0.717) is 16.0 Å². The Morgan fingerprint density at radius 2 is 1.48 bits per heavy atom. The van der Waals surface area contributed by atoms with Crippen molar-refractivity contribution in [1.29, 1.82) is 0 Å². The van der Waals surface area contributed by atoms with Gasteiger partial charge in [0.25, 0.3) is 0 Å². The predicted octanol–water partition coefficient (Wildman–Crippen LogP) is 7.79. The number of halogens is 2. The molecule has 1 unspecified atom stereocenters. The predicted molar refractivity (Wildman–Crippen MR) is 116 cm³/mol. The molecule has 3 aromatic carbocycles. The Balaban J connectivity index is 1.60. The summed E-state index contributed by atoms with van der Waals surface area (Å²) in [5.74, 6) is 0.320. The molecular weight excluding hydrogens is 371 g/mol. The van der Waals surface area contributed by atoms with Crippen LogP contribution in [0.3, 0.4) is 0 Å². The van der Waals surface area contributed by atoms with Gasteiger partial charge in [0.05, 0.1) is 0 Å². The molecule has 2 aliphatic rings. The first-order valence-electron chi connectivity index (χ1n) is 8.96. The lowest BCUT2D eigenvalue weighted by Gasteiger charge is -2.18. The van der Waals surface area contributed by atoms with Gasteiger partial charge in [-0.1, -0.05) is 96.0 Å². The number of benzene rings is 3. The van der Waals surface area contributed by atoms with Crippen LogP contribution < -0.4 is 0 Å². The standard InChI is InChI=1S/C25H16Cl2/c26-24-8-4-3-7-21(24)23-14-17(11-12-25(23)27)19-13-18-10-9-16-5-1-2-6-20(16)22(18)15-19/h1-15,22H. The quantitative estimate of drug-likeness (QED) is 0.421. The van der Waals surface area contributed by atoms with Crippen LogP contribution in [0.4, 0.5) is 0 Å². The first-order valence-corrected chi connectivity index (χ1v) is 9.71. The van der Waals surface area contributed by atoms with E-state index in [-0.39, 0.29) is 0 Å². The topological polar surface area (TPSA) is 0 Å². The second-order valence-corrected chi connectivity index (χ2v) is 7.70. The summed E-state index contributed by atoms with van der Waals surface area (Å²) >= 11 is 12.9. The number of hydrogen-bond donors (Lipinski definition) is 0. The highest BCUT2D eigenvalue weighted by molar-refractivity contribution is 6.36. The van der Waals surface area contributed by atoms with E-state index in [2.05, 4.69) is 60.7 Å². The van der Waals surface area contributed by atoms with Crippen LogP contribution >= 0.6 is 23.2 Å². The number of hydrogen-bond acceptors (Lipinski definition) is 0. The summed E-state index contributed by atoms with van der Waals surface area (Å²) in [5, 5.41) is 1.42. The average Bonchev–Trinajstić information content (AvgIpc) is 3.14.